The molecular weight excluding hydrogens is 443 g/mol. The predicted octanol–water partition coefficient (Wildman–Crippen LogP) is 3.95. The highest BCUT2D eigenvalue weighted by Gasteiger charge is 2.17. The Morgan fingerprint density at radius 3 is 2.34 bits per heavy atom. The van der Waals surface area contributed by atoms with Gasteiger partial charge >= 0.3 is 0 Å². The van der Waals surface area contributed by atoms with Crippen molar-refractivity contribution in [1.82, 2.24) is 14.8 Å². The lowest BCUT2D eigenvalue weighted by atomic mass is 10.2. The Kier molecular flexibility index (Phi) is 8.64. The molecule has 7 nitrogen and oxygen atoms in total. The maximum absolute atomic E-state index is 13.0. The van der Waals surface area contributed by atoms with Crippen LogP contribution in [0.1, 0.15) is 24.0 Å². The molecule has 1 aliphatic rings. The second kappa shape index (κ2) is 12.3. The van der Waals surface area contributed by atoms with Gasteiger partial charge in [0.25, 0.3) is 0 Å². The Morgan fingerprint density at radius 2 is 1.63 bits per heavy atom. The third-order valence-corrected chi connectivity index (χ3v) is 6.18. The van der Waals surface area contributed by atoms with Gasteiger partial charge in [0.1, 0.15) is 17.5 Å². The summed E-state index contributed by atoms with van der Waals surface area (Å²) >= 11 is 0. The van der Waals surface area contributed by atoms with Crippen LogP contribution in [0.4, 0.5) is 21.7 Å². The molecule has 0 radical (unpaired) electrons. The molecule has 0 unspecified atom stereocenters. The molecule has 1 aliphatic heterocycles. The Balaban J connectivity index is 1.14. The van der Waals surface area contributed by atoms with Crippen molar-refractivity contribution in [3.05, 3.63) is 83.7 Å². The van der Waals surface area contributed by atoms with Gasteiger partial charge in [0, 0.05) is 45.7 Å². The topological polar surface area (TPSA) is 86.5 Å². The summed E-state index contributed by atoms with van der Waals surface area (Å²) in [7, 11) is 0. The first-order chi connectivity index (χ1) is 17.0. The summed E-state index contributed by atoms with van der Waals surface area (Å²) in [6.45, 7) is 6.55. The molecule has 8 heteroatoms. The Hall–Kier alpha value is -3.49. The lowest BCUT2D eigenvalue weighted by molar-refractivity contribution is -0.116. The van der Waals surface area contributed by atoms with Gasteiger partial charge in [-0.2, -0.15) is 0 Å². The van der Waals surface area contributed by atoms with Gasteiger partial charge in [-0.05, 0) is 48.4 Å². The van der Waals surface area contributed by atoms with Crippen molar-refractivity contribution in [1.29, 1.82) is 0 Å². The van der Waals surface area contributed by atoms with E-state index in [1.54, 1.807) is 24.3 Å². The number of nitrogens with one attached hydrogen (secondary N) is 2. The van der Waals surface area contributed by atoms with E-state index in [9.17, 15) is 9.18 Å². The number of halogens is 1. The van der Waals surface area contributed by atoms with Crippen LogP contribution in [0, 0.1) is 5.82 Å². The van der Waals surface area contributed by atoms with Crippen LogP contribution < -0.4 is 16.4 Å². The minimum Gasteiger partial charge on any atom is -0.382 e. The van der Waals surface area contributed by atoms with Gasteiger partial charge in [-0.1, -0.05) is 42.5 Å². The quantitative estimate of drug-likeness (QED) is 0.411. The second-order valence-electron chi connectivity index (χ2n) is 8.86. The molecular formula is C27H33FN6O. The summed E-state index contributed by atoms with van der Waals surface area (Å²) in [5.41, 5.74) is 8.84. The van der Waals surface area contributed by atoms with E-state index in [1.807, 2.05) is 6.07 Å². The highest BCUT2D eigenvalue weighted by Crippen LogP contribution is 2.20. The number of pyridine rings is 1. The number of hydrogen-bond donors (Lipinski definition) is 3. The standard InChI is InChI=1S/C27H33FN6O/c28-23-10-8-21(9-11-23)19-30-25-13-12-24(27(29)32-25)31-26(35)7-4-14-33-15-17-34(18-16-33)20-22-5-2-1-3-6-22/h1-3,5-6,8-13H,4,7,14-20H2,(H,31,35)(H3,29,30,32). The van der Waals surface area contributed by atoms with E-state index in [4.69, 9.17) is 5.73 Å². The summed E-state index contributed by atoms with van der Waals surface area (Å²) < 4.78 is 13.0. The first-order valence-corrected chi connectivity index (χ1v) is 12.1. The minimum absolute atomic E-state index is 0.0618. The first-order valence-electron chi connectivity index (χ1n) is 12.1. The largest absolute Gasteiger partial charge is 0.382 e. The Morgan fingerprint density at radius 1 is 0.914 bits per heavy atom. The van der Waals surface area contributed by atoms with Crippen molar-refractivity contribution in [2.24, 2.45) is 0 Å². The van der Waals surface area contributed by atoms with Gasteiger partial charge < -0.3 is 21.3 Å². The van der Waals surface area contributed by atoms with Crippen molar-refractivity contribution in [2.45, 2.75) is 25.9 Å². The molecule has 0 aliphatic carbocycles. The number of hydrogen-bond acceptors (Lipinski definition) is 6. The number of aromatic nitrogens is 1. The van der Waals surface area contributed by atoms with E-state index in [0.717, 1.165) is 51.3 Å². The van der Waals surface area contributed by atoms with Crippen molar-refractivity contribution in [3.63, 3.8) is 0 Å². The van der Waals surface area contributed by atoms with E-state index in [1.165, 1.54) is 17.7 Å². The van der Waals surface area contributed by atoms with Gasteiger partial charge in [0.2, 0.25) is 5.91 Å². The number of nitrogens with zero attached hydrogens (tertiary/aromatic N) is 3. The molecule has 184 valence electrons. The summed E-state index contributed by atoms with van der Waals surface area (Å²) in [6, 6.07) is 20.3. The summed E-state index contributed by atoms with van der Waals surface area (Å²) in [4.78, 5) is 21.6. The van der Waals surface area contributed by atoms with Crippen LogP contribution in [-0.2, 0) is 17.9 Å². The predicted molar refractivity (Wildman–Crippen MR) is 138 cm³/mol. The number of carbonyl (C=O) groups is 1. The van der Waals surface area contributed by atoms with E-state index in [2.05, 4.69) is 49.7 Å². The van der Waals surface area contributed by atoms with Crippen LogP contribution in [-0.4, -0.2) is 53.4 Å². The maximum atomic E-state index is 13.0. The zero-order valence-corrected chi connectivity index (χ0v) is 19.9. The van der Waals surface area contributed by atoms with Gasteiger partial charge in [-0.25, -0.2) is 9.37 Å². The lowest BCUT2D eigenvalue weighted by Gasteiger charge is -2.34. The van der Waals surface area contributed by atoms with Gasteiger partial charge in [0.15, 0.2) is 0 Å². The highest BCUT2D eigenvalue weighted by atomic mass is 19.1. The molecule has 0 atom stereocenters. The molecule has 4 N–H and O–H groups in total. The maximum Gasteiger partial charge on any atom is 0.224 e. The van der Waals surface area contributed by atoms with Crippen LogP contribution in [0.2, 0.25) is 0 Å². The zero-order valence-electron chi connectivity index (χ0n) is 19.9. The van der Waals surface area contributed by atoms with E-state index < -0.39 is 0 Å². The fraction of sp³-hybridized carbons (Fsp3) is 0.333. The molecule has 3 aromatic rings. The molecule has 0 saturated carbocycles. The average molecular weight is 477 g/mol. The number of benzene rings is 2. The number of nitrogens with two attached hydrogens (primary N) is 1. The van der Waals surface area contributed by atoms with E-state index >= 15 is 0 Å². The summed E-state index contributed by atoms with van der Waals surface area (Å²) in [5.74, 6) is 0.527. The number of anilines is 3. The molecule has 4 rings (SSSR count). The van der Waals surface area contributed by atoms with Crippen molar-refractivity contribution >= 4 is 23.2 Å². The highest BCUT2D eigenvalue weighted by molar-refractivity contribution is 5.93. The Bertz CT molecular complexity index is 1080. The molecule has 1 fully saturated rings. The fourth-order valence-electron chi connectivity index (χ4n) is 4.16. The van der Waals surface area contributed by atoms with Crippen LogP contribution in [0.15, 0.2) is 66.7 Å². The van der Waals surface area contributed by atoms with Gasteiger partial charge in [-0.3, -0.25) is 9.69 Å². The van der Waals surface area contributed by atoms with E-state index in [-0.39, 0.29) is 17.5 Å². The average Bonchev–Trinajstić information content (AvgIpc) is 2.87. The van der Waals surface area contributed by atoms with Gasteiger partial charge in [0.05, 0.1) is 5.69 Å². The number of piperazine rings is 1. The minimum atomic E-state index is -0.266. The molecule has 1 amide bonds. The molecule has 0 spiro atoms. The molecule has 35 heavy (non-hydrogen) atoms. The second-order valence-corrected chi connectivity index (χ2v) is 8.86. The van der Waals surface area contributed by atoms with Crippen molar-refractivity contribution in [2.75, 3.05) is 49.1 Å². The Labute approximate surface area is 206 Å². The normalized spacial score (nSPS) is 14.5. The van der Waals surface area contributed by atoms with Crippen molar-refractivity contribution in [3.8, 4) is 0 Å². The monoisotopic (exact) mass is 476 g/mol. The third-order valence-electron chi connectivity index (χ3n) is 6.18. The molecule has 2 aromatic carbocycles. The molecule has 1 aromatic heterocycles. The fourth-order valence-corrected chi connectivity index (χ4v) is 4.16. The SMILES string of the molecule is Nc1nc(NCc2ccc(F)cc2)ccc1NC(=O)CCCN1CCN(Cc2ccccc2)CC1. The molecule has 0 bridgehead atoms. The number of rotatable bonds is 10. The van der Waals surface area contributed by atoms with Crippen molar-refractivity contribution < 1.29 is 9.18 Å². The van der Waals surface area contributed by atoms with Crippen LogP contribution >= 0.6 is 0 Å². The summed E-state index contributed by atoms with van der Waals surface area (Å²) in [5, 5.41) is 6.02. The van der Waals surface area contributed by atoms with Gasteiger partial charge in [-0.15, -0.1) is 0 Å². The first kappa shape index (κ1) is 24.6. The number of amides is 1. The lowest BCUT2D eigenvalue weighted by Crippen LogP contribution is -2.46. The van der Waals surface area contributed by atoms with Crippen LogP contribution in [0.5, 0.6) is 0 Å². The van der Waals surface area contributed by atoms with Crippen LogP contribution in [0.3, 0.4) is 0 Å². The number of carbonyl (C=O) groups excluding carboxylic acids is 1. The van der Waals surface area contributed by atoms with Crippen LogP contribution in [0.25, 0.3) is 0 Å². The molecule has 1 saturated heterocycles. The molecule has 2 heterocycles. The zero-order chi connectivity index (χ0) is 24.5. The summed E-state index contributed by atoms with van der Waals surface area (Å²) in [6.07, 6.45) is 1.24. The smallest absolute Gasteiger partial charge is 0.224 e. The number of nitrogen functional groups attached to an aromatic ring is 1. The third kappa shape index (κ3) is 7.77. The van der Waals surface area contributed by atoms with E-state index in [0.29, 0.717) is 24.5 Å².